The monoisotopic (exact) mass is 339 g/mol. The number of aromatic nitrogens is 3. The van der Waals surface area contributed by atoms with Crippen molar-refractivity contribution in [2.24, 2.45) is 0 Å². The van der Waals surface area contributed by atoms with Gasteiger partial charge in [0.2, 0.25) is 5.95 Å². The average Bonchev–Trinajstić information content (AvgIpc) is 3.11. The van der Waals surface area contributed by atoms with Crippen molar-refractivity contribution < 1.29 is 9.18 Å². The number of fused-ring (bicyclic) bond motifs is 1. The van der Waals surface area contributed by atoms with Crippen molar-refractivity contribution in [1.82, 2.24) is 19.5 Å². The number of rotatable bonds is 2. The topological polar surface area (TPSA) is 76.5 Å². The summed E-state index contributed by atoms with van der Waals surface area (Å²) in [7, 11) is 0. The van der Waals surface area contributed by atoms with Gasteiger partial charge in [-0.05, 0) is 37.1 Å². The second kappa shape index (κ2) is 6.16. The molecule has 0 radical (unpaired) electrons. The lowest BCUT2D eigenvalue weighted by atomic mass is 9.93. The predicted molar refractivity (Wildman–Crippen MR) is 91.7 cm³/mol. The van der Waals surface area contributed by atoms with Gasteiger partial charge in [0.25, 0.3) is 5.91 Å². The number of halogens is 1. The molecule has 7 heteroatoms. The van der Waals surface area contributed by atoms with Crippen LogP contribution in [0.4, 0.5) is 10.3 Å². The smallest absolute Gasteiger partial charge is 0.256 e. The van der Waals surface area contributed by atoms with E-state index < -0.39 is 5.82 Å². The van der Waals surface area contributed by atoms with Crippen LogP contribution in [0, 0.1) is 5.82 Å². The Balaban J connectivity index is 1.60. The zero-order valence-corrected chi connectivity index (χ0v) is 13.6. The fraction of sp³-hybridized carbons (Fsp3) is 0.278. The minimum Gasteiger partial charge on any atom is -0.368 e. The quantitative estimate of drug-likeness (QED) is 0.778. The summed E-state index contributed by atoms with van der Waals surface area (Å²) in [5, 5.41) is 4.12. The molecule has 0 aliphatic carbocycles. The first kappa shape index (κ1) is 15.6. The average molecular weight is 339 g/mol. The zero-order valence-electron chi connectivity index (χ0n) is 13.6. The van der Waals surface area contributed by atoms with E-state index in [2.05, 4.69) is 10.1 Å². The van der Waals surface area contributed by atoms with E-state index in [4.69, 9.17) is 5.73 Å². The molecular weight excluding hydrogens is 321 g/mol. The van der Waals surface area contributed by atoms with Gasteiger partial charge in [0.15, 0.2) is 0 Å². The maximum absolute atomic E-state index is 13.9. The third-order valence-electron chi connectivity index (χ3n) is 4.66. The van der Waals surface area contributed by atoms with Gasteiger partial charge in [0.1, 0.15) is 5.82 Å². The number of piperidine rings is 1. The molecule has 6 nitrogen and oxygen atoms in total. The molecule has 1 atom stereocenters. The number of carbonyl (C=O) groups is 1. The molecule has 1 saturated heterocycles. The molecule has 2 aromatic heterocycles. The maximum atomic E-state index is 13.9. The van der Waals surface area contributed by atoms with Gasteiger partial charge in [-0.2, -0.15) is 5.10 Å². The molecule has 128 valence electrons. The molecule has 1 aromatic carbocycles. The Morgan fingerprint density at radius 3 is 2.96 bits per heavy atom. The van der Waals surface area contributed by atoms with E-state index in [0.717, 1.165) is 24.1 Å². The highest BCUT2D eigenvalue weighted by molar-refractivity contribution is 5.94. The van der Waals surface area contributed by atoms with Crippen molar-refractivity contribution in [2.45, 2.75) is 18.8 Å². The zero-order chi connectivity index (χ0) is 17.4. The Kier molecular flexibility index (Phi) is 3.83. The van der Waals surface area contributed by atoms with Crippen LogP contribution in [0.1, 0.15) is 34.8 Å². The van der Waals surface area contributed by atoms with E-state index in [1.807, 2.05) is 12.1 Å². The number of amides is 1. The molecule has 0 spiro atoms. The molecule has 2 N–H and O–H groups in total. The predicted octanol–water partition coefficient (Wildman–Crippen LogP) is 2.47. The van der Waals surface area contributed by atoms with Gasteiger partial charge in [-0.3, -0.25) is 4.79 Å². The SMILES string of the molecule is Nc1nc([C@@H]2CCCN(C(=O)c3ccccc3F)C2)cc2ccnn12. The van der Waals surface area contributed by atoms with E-state index in [1.165, 1.54) is 12.1 Å². The van der Waals surface area contributed by atoms with Crippen LogP contribution < -0.4 is 5.73 Å². The second-order valence-electron chi connectivity index (χ2n) is 6.28. The van der Waals surface area contributed by atoms with Crippen LogP contribution in [0.15, 0.2) is 42.6 Å². The Hall–Kier alpha value is -2.96. The molecule has 4 rings (SSSR count). The molecular formula is C18H18FN5O. The number of benzene rings is 1. The van der Waals surface area contributed by atoms with Crippen LogP contribution in [-0.4, -0.2) is 38.5 Å². The van der Waals surface area contributed by atoms with E-state index in [-0.39, 0.29) is 17.4 Å². The first-order valence-electron chi connectivity index (χ1n) is 8.27. The molecule has 1 amide bonds. The standard InChI is InChI=1S/C18H18FN5O/c19-15-6-2-1-5-14(15)17(25)23-9-3-4-12(11-23)16-10-13-7-8-21-24(13)18(20)22-16/h1-2,5-8,10,12H,3-4,9,11H2,(H2,20,22)/t12-/m1/s1. The van der Waals surface area contributed by atoms with Crippen molar-refractivity contribution >= 4 is 17.4 Å². The Labute approximate surface area is 144 Å². The Morgan fingerprint density at radius 1 is 1.28 bits per heavy atom. The second-order valence-corrected chi connectivity index (χ2v) is 6.28. The number of anilines is 1. The first-order chi connectivity index (χ1) is 12.1. The van der Waals surface area contributed by atoms with Crippen LogP contribution in [-0.2, 0) is 0 Å². The van der Waals surface area contributed by atoms with E-state index in [1.54, 1.807) is 27.7 Å². The van der Waals surface area contributed by atoms with E-state index in [0.29, 0.717) is 19.0 Å². The summed E-state index contributed by atoms with van der Waals surface area (Å²) < 4.78 is 15.5. The summed E-state index contributed by atoms with van der Waals surface area (Å²) in [6.07, 6.45) is 3.43. The normalized spacial score (nSPS) is 17.8. The summed E-state index contributed by atoms with van der Waals surface area (Å²) in [6.45, 7) is 1.12. The molecule has 0 unspecified atom stereocenters. The summed E-state index contributed by atoms with van der Waals surface area (Å²) in [5.74, 6) is -0.361. The molecule has 0 saturated carbocycles. The molecule has 1 aliphatic rings. The van der Waals surface area contributed by atoms with Gasteiger partial charge in [-0.25, -0.2) is 13.9 Å². The summed E-state index contributed by atoms with van der Waals surface area (Å²) in [4.78, 5) is 18.8. The van der Waals surface area contributed by atoms with Crippen molar-refractivity contribution in [3.05, 3.63) is 59.7 Å². The Bertz CT molecular complexity index is 938. The molecule has 25 heavy (non-hydrogen) atoms. The van der Waals surface area contributed by atoms with Crippen molar-refractivity contribution in [3.8, 4) is 0 Å². The highest BCUT2D eigenvalue weighted by Gasteiger charge is 2.28. The minimum atomic E-state index is -0.488. The molecule has 3 heterocycles. The van der Waals surface area contributed by atoms with Crippen LogP contribution in [0.25, 0.3) is 5.52 Å². The van der Waals surface area contributed by atoms with Gasteiger partial charge >= 0.3 is 0 Å². The highest BCUT2D eigenvalue weighted by Crippen LogP contribution is 2.28. The number of carbonyl (C=O) groups excluding carboxylic acids is 1. The highest BCUT2D eigenvalue weighted by atomic mass is 19.1. The number of hydrogen-bond donors (Lipinski definition) is 1. The third kappa shape index (κ3) is 2.82. The summed E-state index contributed by atoms with van der Waals surface area (Å²) >= 11 is 0. The first-order valence-corrected chi connectivity index (χ1v) is 8.27. The van der Waals surface area contributed by atoms with E-state index >= 15 is 0 Å². The van der Waals surface area contributed by atoms with Gasteiger partial charge in [0.05, 0.1) is 23.0 Å². The van der Waals surface area contributed by atoms with Crippen molar-refractivity contribution in [3.63, 3.8) is 0 Å². The van der Waals surface area contributed by atoms with Crippen molar-refractivity contribution in [2.75, 3.05) is 18.8 Å². The fourth-order valence-corrected chi connectivity index (χ4v) is 3.39. The Morgan fingerprint density at radius 2 is 2.12 bits per heavy atom. The number of likely N-dealkylation sites (tertiary alicyclic amines) is 1. The van der Waals surface area contributed by atoms with Crippen molar-refractivity contribution in [1.29, 1.82) is 0 Å². The number of nitrogens with two attached hydrogens (primary N) is 1. The van der Waals surface area contributed by atoms with Gasteiger partial charge < -0.3 is 10.6 Å². The molecule has 0 bridgehead atoms. The van der Waals surface area contributed by atoms with Crippen LogP contribution in [0.3, 0.4) is 0 Å². The number of nitrogens with zero attached hydrogens (tertiary/aromatic N) is 4. The third-order valence-corrected chi connectivity index (χ3v) is 4.66. The van der Waals surface area contributed by atoms with Crippen LogP contribution in [0.5, 0.6) is 0 Å². The maximum Gasteiger partial charge on any atom is 0.256 e. The van der Waals surface area contributed by atoms with Crippen LogP contribution >= 0.6 is 0 Å². The lowest BCUT2D eigenvalue weighted by molar-refractivity contribution is 0.0701. The van der Waals surface area contributed by atoms with Crippen LogP contribution in [0.2, 0.25) is 0 Å². The van der Waals surface area contributed by atoms with E-state index in [9.17, 15) is 9.18 Å². The lowest BCUT2D eigenvalue weighted by Gasteiger charge is -2.32. The summed E-state index contributed by atoms with van der Waals surface area (Å²) in [5.41, 5.74) is 7.80. The molecule has 1 aliphatic heterocycles. The van der Waals surface area contributed by atoms with Gasteiger partial charge in [-0.1, -0.05) is 12.1 Å². The number of nitrogen functional groups attached to an aromatic ring is 1. The fourth-order valence-electron chi connectivity index (χ4n) is 3.39. The molecule has 1 fully saturated rings. The van der Waals surface area contributed by atoms with Gasteiger partial charge in [0, 0.05) is 19.0 Å². The van der Waals surface area contributed by atoms with Gasteiger partial charge in [-0.15, -0.1) is 0 Å². The minimum absolute atomic E-state index is 0.0756. The lowest BCUT2D eigenvalue weighted by Crippen LogP contribution is -2.39. The number of hydrogen-bond acceptors (Lipinski definition) is 4. The molecule has 3 aromatic rings. The largest absolute Gasteiger partial charge is 0.368 e. The summed E-state index contributed by atoms with van der Waals surface area (Å²) in [6, 6.07) is 9.91.